The Morgan fingerprint density at radius 1 is 1.00 bits per heavy atom. The molecule has 5 aromatic rings. The van der Waals surface area contributed by atoms with Crippen molar-refractivity contribution in [2.45, 2.75) is 6.04 Å². The second kappa shape index (κ2) is 8.04. The number of H-pyrrole nitrogens is 1. The van der Waals surface area contributed by atoms with Gasteiger partial charge in [-0.2, -0.15) is 10.1 Å². The number of para-hydroxylation sites is 1. The summed E-state index contributed by atoms with van der Waals surface area (Å²) in [6, 6.07) is 22.3. The number of benzene rings is 2. The third-order valence-electron chi connectivity index (χ3n) is 4.89. The fraction of sp³-hybridized carbons (Fsp3) is 0.0435. The number of anilines is 1. The van der Waals surface area contributed by atoms with Crippen LogP contribution < -0.4 is 10.9 Å². The number of halogens is 1. The van der Waals surface area contributed by atoms with Gasteiger partial charge in [0.2, 0.25) is 5.95 Å². The Hall–Kier alpha value is -3.97. The molecule has 0 radical (unpaired) electrons. The van der Waals surface area contributed by atoms with Gasteiger partial charge in [0.15, 0.2) is 5.65 Å². The molecule has 0 spiro atoms. The van der Waals surface area contributed by atoms with E-state index in [0.29, 0.717) is 22.0 Å². The van der Waals surface area contributed by atoms with Crippen LogP contribution in [0.15, 0.2) is 90.0 Å². The molecule has 0 aliphatic rings. The molecule has 0 aliphatic carbocycles. The summed E-state index contributed by atoms with van der Waals surface area (Å²) in [5, 5.41) is 8.68. The van der Waals surface area contributed by atoms with Gasteiger partial charge in [-0.3, -0.25) is 14.8 Å². The van der Waals surface area contributed by atoms with E-state index in [4.69, 9.17) is 11.6 Å². The van der Waals surface area contributed by atoms with E-state index in [9.17, 15) is 4.79 Å². The molecule has 3 aromatic heterocycles. The summed E-state index contributed by atoms with van der Waals surface area (Å²) in [6.07, 6.45) is 3.24. The molecule has 0 aliphatic heterocycles. The number of aromatic amines is 1. The molecule has 0 saturated heterocycles. The Morgan fingerprint density at radius 3 is 2.61 bits per heavy atom. The van der Waals surface area contributed by atoms with E-state index in [2.05, 4.69) is 25.4 Å². The number of fused-ring (bicyclic) bond motifs is 1. The second-order valence-electron chi connectivity index (χ2n) is 6.93. The first-order chi connectivity index (χ1) is 15.2. The molecule has 0 amide bonds. The fourth-order valence-electron chi connectivity index (χ4n) is 3.44. The minimum absolute atomic E-state index is 0.277. The van der Waals surface area contributed by atoms with Crippen molar-refractivity contribution in [2.75, 3.05) is 5.32 Å². The SMILES string of the molecule is O=c1[nH]c(NC(c2cccc(Cl)c2)c2ccccn2)nc2c1cnn2-c1ccccc1. The molecule has 2 aromatic carbocycles. The van der Waals surface area contributed by atoms with E-state index in [0.717, 1.165) is 16.9 Å². The largest absolute Gasteiger partial charge is 0.343 e. The zero-order valence-electron chi connectivity index (χ0n) is 16.2. The van der Waals surface area contributed by atoms with Crippen molar-refractivity contribution in [1.29, 1.82) is 0 Å². The van der Waals surface area contributed by atoms with Crippen LogP contribution in [-0.2, 0) is 0 Å². The highest BCUT2D eigenvalue weighted by Gasteiger charge is 2.18. The van der Waals surface area contributed by atoms with Crippen LogP contribution in [0, 0.1) is 0 Å². The number of rotatable bonds is 5. The van der Waals surface area contributed by atoms with Crippen molar-refractivity contribution < 1.29 is 0 Å². The van der Waals surface area contributed by atoms with Gasteiger partial charge in [0.1, 0.15) is 5.39 Å². The van der Waals surface area contributed by atoms with Gasteiger partial charge in [-0.1, -0.05) is 48.0 Å². The summed E-state index contributed by atoms with van der Waals surface area (Å²) in [4.78, 5) is 24.7. The number of pyridine rings is 1. The first-order valence-corrected chi connectivity index (χ1v) is 10.0. The van der Waals surface area contributed by atoms with Crippen LogP contribution in [0.1, 0.15) is 17.3 Å². The lowest BCUT2D eigenvalue weighted by molar-refractivity contribution is 0.858. The van der Waals surface area contributed by atoms with Crippen LogP contribution in [0.3, 0.4) is 0 Å². The van der Waals surface area contributed by atoms with E-state index in [1.165, 1.54) is 6.20 Å². The van der Waals surface area contributed by atoms with Crippen molar-refractivity contribution in [1.82, 2.24) is 24.7 Å². The Balaban J connectivity index is 1.61. The monoisotopic (exact) mass is 428 g/mol. The Kier molecular flexibility index (Phi) is 4.93. The van der Waals surface area contributed by atoms with E-state index in [-0.39, 0.29) is 11.6 Å². The van der Waals surface area contributed by atoms with Crippen LogP contribution in [0.5, 0.6) is 0 Å². The standard InChI is InChI=1S/C23H17ClN6O/c24-16-8-6-7-15(13-16)20(19-11-4-5-12-25-19)27-23-28-21-18(22(31)29-23)14-26-30(21)17-9-2-1-3-10-17/h1-14,20H,(H2,27,28,29,31). The number of hydrogen-bond donors (Lipinski definition) is 2. The van der Waals surface area contributed by atoms with Crippen LogP contribution in [0.2, 0.25) is 5.02 Å². The van der Waals surface area contributed by atoms with Crippen molar-refractivity contribution in [2.24, 2.45) is 0 Å². The van der Waals surface area contributed by atoms with E-state index >= 15 is 0 Å². The molecular weight excluding hydrogens is 412 g/mol. The van der Waals surface area contributed by atoms with Gasteiger partial charge >= 0.3 is 0 Å². The minimum atomic E-state index is -0.367. The highest BCUT2D eigenvalue weighted by molar-refractivity contribution is 6.30. The van der Waals surface area contributed by atoms with Gasteiger partial charge in [0, 0.05) is 11.2 Å². The van der Waals surface area contributed by atoms with Crippen molar-refractivity contribution in [3.63, 3.8) is 0 Å². The van der Waals surface area contributed by atoms with E-state index in [1.807, 2.05) is 72.8 Å². The first kappa shape index (κ1) is 19.0. The van der Waals surface area contributed by atoms with Gasteiger partial charge in [0.05, 0.1) is 23.6 Å². The number of aromatic nitrogens is 5. The molecule has 1 atom stereocenters. The van der Waals surface area contributed by atoms with E-state index < -0.39 is 0 Å². The molecule has 3 heterocycles. The Bertz CT molecular complexity index is 1400. The van der Waals surface area contributed by atoms with Gasteiger partial charge in [-0.25, -0.2) is 4.68 Å². The highest BCUT2D eigenvalue weighted by Crippen LogP contribution is 2.26. The average Bonchev–Trinajstić information content (AvgIpc) is 3.23. The van der Waals surface area contributed by atoms with Crippen LogP contribution in [0.4, 0.5) is 5.95 Å². The van der Waals surface area contributed by atoms with Crippen molar-refractivity contribution >= 4 is 28.6 Å². The summed E-state index contributed by atoms with van der Waals surface area (Å²) >= 11 is 6.22. The van der Waals surface area contributed by atoms with Crippen molar-refractivity contribution in [3.8, 4) is 5.69 Å². The fourth-order valence-corrected chi connectivity index (χ4v) is 3.64. The van der Waals surface area contributed by atoms with Crippen LogP contribution in [0.25, 0.3) is 16.7 Å². The van der Waals surface area contributed by atoms with Crippen LogP contribution in [-0.4, -0.2) is 24.7 Å². The van der Waals surface area contributed by atoms with Gasteiger partial charge < -0.3 is 5.32 Å². The topological polar surface area (TPSA) is 88.5 Å². The second-order valence-corrected chi connectivity index (χ2v) is 7.37. The predicted molar refractivity (Wildman–Crippen MR) is 121 cm³/mol. The third-order valence-corrected chi connectivity index (χ3v) is 5.12. The molecule has 0 bridgehead atoms. The van der Waals surface area contributed by atoms with Crippen molar-refractivity contribution in [3.05, 3.63) is 112 Å². The molecule has 7 nitrogen and oxygen atoms in total. The predicted octanol–water partition coefficient (Wildman–Crippen LogP) is 4.36. The number of hydrogen-bond acceptors (Lipinski definition) is 5. The highest BCUT2D eigenvalue weighted by atomic mass is 35.5. The molecule has 31 heavy (non-hydrogen) atoms. The smallest absolute Gasteiger partial charge is 0.263 e. The lowest BCUT2D eigenvalue weighted by Gasteiger charge is -2.19. The molecule has 1 unspecified atom stereocenters. The van der Waals surface area contributed by atoms with E-state index in [1.54, 1.807) is 10.9 Å². The normalized spacial score (nSPS) is 12.0. The summed E-state index contributed by atoms with van der Waals surface area (Å²) in [6.45, 7) is 0. The first-order valence-electron chi connectivity index (χ1n) is 9.65. The summed E-state index contributed by atoms with van der Waals surface area (Å²) < 4.78 is 1.64. The lowest BCUT2D eigenvalue weighted by Crippen LogP contribution is -2.19. The maximum absolute atomic E-state index is 12.7. The molecular formula is C23H17ClN6O. The van der Waals surface area contributed by atoms with Crippen LogP contribution >= 0.6 is 11.6 Å². The number of nitrogens with zero attached hydrogens (tertiary/aromatic N) is 4. The summed E-state index contributed by atoms with van der Waals surface area (Å²) in [7, 11) is 0. The molecule has 8 heteroatoms. The maximum atomic E-state index is 12.7. The number of nitrogens with one attached hydrogen (secondary N) is 2. The van der Waals surface area contributed by atoms with Gasteiger partial charge in [-0.15, -0.1) is 0 Å². The lowest BCUT2D eigenvalue weighted by atomic mass is 10.0. The molecule has 2 N–H and O–H groups in total. The molecule has 0 fully saturated rings. The molecule has 0 saturated carbocycles. The minimum Gasteiger partial charge on any atom is -0.343 e. The third kappa shape index (κ3) is 3.78. The summed E-state index contributed by atoms with van der Waals surface area (Å²) in [5.74, 6) is 0.311. The Morgan fingerprint density at radius 2 is 1.84 bits per heavy atom. The Labute approximate surface area is 182 Å². The zero-order chi connectivity index (χ0) is 21.2. The molecule has 152 valence electrons. The zero-order valence-corrected chi connectivity index (χ0v) is 17.0. The van der Waals surface area contributed by atoms with Gasteiger partial charge in [-0.05, 0) is 42.0 Å². The molecule has 5 rings (SSSR count). The quantitative estimate of drug-likeness (QED) is 0.434. The summed E-state index contributed by atoms with van der Waals surface area (Å²) in [5.41, 5.74) is 2.66. The average molecular weight is 429 g/mol. The van der Waals surface area contributed by atoms with Gasteiger partial charge in [0.25, 0.3) is 5.56 Å². The maximum Gasteiger partial charge on any atom is 0.263 e.